The van der Waals surface area contributed by atoms with Gasteiger partial charge >= 0.3 is 5.91 Å². The van der Waals surface area contributed by atoms with E-state index in [-0.39, 0.29) is 27.5 Å². The summed E-state index contributed by atoms with van der Waals surface area (Å²) in [6, 6.07) is 8.94. The maximum absolute atomic E-state index is 13.3. The van der Waals surface area contributed by atoms with Gasteiger partial charge < -0.3 is 5.11 Å². The highest BCUT2D eigenvalue weighted by Gasteiger charge is 2.48. The molecule has 31 heavy (non-hydrogen) atoms. The highest BCUT2D eigenvalue weighted by molar-refractivity contribution is 7.15. The predicted molar refractivity (Wildman–Crippen MR) is 109 cm³/mol. The van der Waals surface area contributed by atoms with E-state index in [0.717, 1.165) is 28.4 Å². The van der Waals surface area contributed by atoms with Crippen LogP contribution in [0.2, 0.25) is 0 Å². The van der Waals surface area contributed by atoms with Crippen molar-refractivity contribution in [1.29, 1.82) is 0 Å². The Morgan fingerprint density at radius 1 is 1.19 bits per heavy atom. The summed E-state index contributed by atoms with van der Waals surface area (Å²) in [7, 11) is 0. The van der Waals surface area contributed by atoms with Crippen LogP contribution in [0.15, 0.2) is 54.1 Å². The summed E-state index contributed by atoms with van der Waals surface area (Å²) in [6.45, 7) is 1.67. The largest absolute Gasteiger partial charge is 0.507 e. The van der Waals surface area contributed by atoms with Crippen molar-refractivity contribution in [1.82, 2.24) is 10.2 Å². The molecule has 2 aromatic carbocycles. The van der Waals surface area contributed by atoms with Gasteiger partial charge in [-0.05, 0) is 36.8 Å². The van der Waals surface area contributed by atoms with Crippen molar-refractivity contribution in [3.8, 4) is 0 Å². The number of benzene rings is 2. The molecule has 0 radical (unpaired) electrons. The van der Waals surface area contributed by atoms with Crippen LogP contribution in [0.4, 0.5) is 15.2 Å². The first kappa shape index (κ1) is 20.3. The molecule has 1 fully saturated rings. The van der Waals surface area contributed by atoms with Crippen LogP contribution in [0.5, 0.6) is 0 Å². The molecule has 1 aromatic heterocycles. The maximum Gasteiger partial charge on any atom is 0.301 e. The van der Waals surface area contributed by atoms with E-state index in [4.69, 9.17) is 0 Å². The Morgan fingerprint density at radius 2 is 1.90 bits per heavy atom. The minimum absolute atomic E-state index is 0.106. The first-order chi connectivity index (χ1) is 14.8. The average Bonchev–Trinajstić information content (AvgIpc) is 3.29. The SMILES string of the molecule is Cc1nnc(N2C(=O)C(=O)C(=C(O)c3ccc(F)cc3)[C@@H]2c2cccc([N+](=O)[O-])c2)s1. The monoisotopic (exact) mass is 440 g/mol. The summed E-state index contributed by atoms with van der Waals surface area (Å²) in [5.41, 5.74) is -0.198. The molecule has 1 aliphatic rings. The molecule has 1 amide bonds. The number of Topliss-reactive ketones (excluding diaryl/α,β-unsaturated/α-hetero) is 1. The van der Waals surface area contributed by atoms with Crippen LogP contribution in [0.1, 0.15) is 22.2 Å². The van der Waals surface area contributed by atoms with Crippen LogP contribution in [0.25, 0.3) is 5.76 Å². The second-order valence-corrected chi connectivity index (χ2v) is 7.79. The topological polar surface area (TPSA) is 127 Å². The van der Waals surface area contributed by atoms with Gasteiger partial charge in [0.15, 0.2) is 0 Å². The van der Waals surface area contributed by atoms with Crippen LogP contribution in [0.3, 0.4) is 0 Å². The Balaban J connectivity index is 1.96. The zero-order valence-corrected chi connectivity index (χ0v) is 16.7. The fourth-order valence-electron chi connectivity index (χ4n) is 3.30. The molecule has 0 aliphatic carbocycles. The van der Waals surface area contributed by atoms with Gasteiger partial charge in [-0.3, -0.25) is 24.6 Å². The lowest BCUT2D eigenvalue weighted by Crippen LogP contribution is -2.29. The van der Waals surface area contributed by atoms with E-state index in [9.17, 15) is 29.2 Å². The van der Waals surface area contributed by atoms with Gasteiger partial charge in [-0.15, -0.1) is 10.2 Å². The molecule has 0 spiro atoms. The van der Waals surface area contributed by atoms with Crippen molar-refractivity contribution >= 4 is 39.6 Å². The van der Waals surface area contributed by atoms with Crippen molar-refractivity contribution < 1.29 is 24.0 Å². The number of aryl methyl sites for hydroxylation is 1. The highest BCUT2D eigenvalue weighted by Crippen LogP contribution is 2.43. The van der Waals surface area contributed by atoms with E-state index in [1.165, 1.54) is 36.4 Å². The number of ketones is 1. The summed E-state index contributed by atoms with van der Waals surface area (Å²) in [4.78, 5) is 37.5. The normalized spacial score (nSPS) is 17.9. The van der Waals surface area contributed by atoms with Crippen molar-refractivity contribution in [2.24, 2.45) is 0 Å². The minimum atomic E-state index is -1.18. The summed E-state index contributed by atoms with van der Waals surface area (Å²) >= 11 is 1.05. The van der Waals surface area contributed by atoms with Crippen molar-refractivity contribution in [2.75, 3.05) is 4.90 Å². The number of amides is 1. The Kier molecular flexibility index (Phi) is 5.03. The maximum atomic E-state index is 13.3. The van der Waals surface area contributed by atoms with Crippen LogP contribution in [-0.2, 0) is 9.59 Å². The van der Waals surface area contributed by atoms with Gasteiger partial charge in [-0.1, -0.05) is 23.5 Å². The van der Waals surface area contributed by atoms with E-state index in [1.54, 1.807) is 6.92 Å². The van der Waals surface area contributed by atoms with Gasteiger partial charge in [-0.2, -0.15) is 0 Å². The van der Waals surface area contributed by atoms with E-state index in [1.807, 2.05) is 0 Å². The van der Waals surface area contributed by atoms with Crippen LogP contribution >= 0.6 is 11.3 Å². The molecule has 1 N–H and O–H groups in total. The lowest BCUT2D eigenvalue weighted by Gasteiger charge is -2.22. The standard InChI is InChI=1S/C20H13FN4O5S/c1-10-22-23-20(31-10)24-16(12-3-2-4-14(9-12)25(29)30)15(18(27)19(24)28)17(26)11-5-7-13(21)8-6-11/h2-9,16,26H,1H3/t16-/m0/s1. The van der Waals surface area contributed by atoms with E-state index in [0.29, 0.717) is 5.01 Å². The molecule has 0 saturated carbocycles. The minimum Gasteiger partial charge on any atom is -0.507 e. The smallest absolute Gasteiger partial charge is 0.301 e. The van der Waals surface area contributed by atoms with Crippen LogP contribution in [-0.4, -0.2) is 31.9 Å². The van der Waals surface area contributed by atoms with Gasteiger partial charge in [0.25, 0.3) is 11.5 Å². The molecule has 1 atom stereocenters. The second-order valence-electron chi connectivity index (χ2n) is 6.63. The number of halogens is 1. The first-order valence-corrected chi connectivity index (χ1v) is 9.71. The predicted octanol–water partition coefficient (Wildman–Crippen LogP) is 3.52. The number of nitrogens with zero attached hydrogens (tertiary/aromatic N) is 4. The fourth-order valence-corrected chi connectivity index (χ4v) is 4.01. The Labute approximate surface area is 178 Å². The summed E-state index contributed by atoms with van der Waals surface area (Å²) in [6.07, 6.45) is 0. The zero-order valence-electron chi connectivity index (χ0n) is 15.9. The molecule has 11 heteroatoms. The second kappa shape index (κ2) is 7.69. The molecule has 156 valence electrons. The van der Waals surface area contributed by atoms with Crippen molar-refractivity contribution in [3.63, 3.8) is 0 Å². The molecule has 3 aromatic rings. The number of carbonyl (C=O) groups is 2. The fraction of sp³-hybridized carbons (Fsp3) is 0.100. The molecule has 1 saturated heterocycles. The highest BCUT2D eigenvalue weighted by atomic mass is 32.1. The number of anilines is 1. The summed E-state index contributed by atoms with van der Waals surface area (Å²) < 4.78 is 13.3. The number of hydrogen-bond acceptors (Lipinski definition) is 8. The number of hydrogen-bond donors (Lipinski definition) is 1. The number of rotatable bonds is 4. The van der Waals surface area contributed by atoms with Crippen molar-refractivity contribution in [2.45, 2.75) is 13.0 Å². The van der Waals surface area contributed by atoms with Gasteiger partial charge in [0.1, 0.15) is 16.6 Å². The third-order valence-electron chi connectivity index (χ3n) is 4.68. The lowest BCUT2D eigenvalue weighted by molar-refractivity contribution is -0.384. The van der Waals surface area contributed by atoms with Crippen LogP contribution in [0, 0.1) is 22.9 Å². The van der Waals surface area contributed by atoms with E-state index in [2.05, 4.69) is 10.2 Å². The molecule has 1 aliphatic heterocycles. The number of non-ortho nitro benzene ring substituents is 1. The average molecular weight is 440 g/mol. The molecule has 4 rings (SSSR count). The quantitative estimate of drug-likeness (QED) is 0.216. The third-order valence-corrected chi connectivity index (χ3v) is 5.52. The van der Waals surface area contributed by atoms with Gasteiger partial charge in [0.05, 0.1) is 16.5 Å². The molecular formula is C20H13FN4O5S. The number of nitro groups is 1. The molecule has 0 unspecified atom stereocenters. The number of nitro benzene ring substituents is 1. The number of aliphatic hydroxyl groups is 1. The summed E-state index contributed by atoms with van der Waals surface area (Å²) in [5, 5.41) is 30.6. The van der Waals surface area contributed by atoms with E-state index < -0.39 is 34.2 Å². The Hall–Kier alpha value is -3.99. The van der Waals surface area contributed by atoms with Crippen LogP contribution < -0.4 is 4.90 Å². The third kappa shape index (κ3) is 3.55. The number of aliphatic hydroxyl groups excluding tert-OH is 1. The Bertz CT molecular complexity index is 1250. The number of carbonyl (C=O) groups excluding carboxylic acids is 2. The zero-order chi connectivity index (χ0) is 22.3. The first-order valence-electron chi connectivity index (χ1n) is 8.89. The Morgan fingerprint density at radius 3 is 2.52 bits per heavy atom. The van der Waals surface area contributed by atoms with Gasteiger partial charge in [0.2, 0.25) is 5.13 Å². The number of aromatic nitrogens is 2. The van der Waals surface area contributed by atoms with E-state index >= 15 is 0 Å². The molecule has 9 nitrogen and oxygen atoms in total. The molecule has 2 heterocycles. The summed E-state index contributed by atoms with van der Waals surface area (Å²) in [5.74, 6) is -3.03. The van der Waals surface area contributed by atoms with Gasteiger partial charge in [-0.25, -0.2) is 4.39 Å². The molecular weight excluding hydrogens is 427 g/mol. The molecule has 0 bridgehead atoms. The van der Waals surface area contributed by atoms with Gasteiger partial charge in [0, 0.05) is 17.7 Å². The lowest BCUT2D eigenvalue weighted by atomic mass is 9.95. The van der Waals surface area contributed by atoms with Crippen molar-refractivity contribution in [3.05, 3.63) is 86.2 Å².